The van der Waals surface area contributed by atoms with E-state index >= 15 is 0 Å². The summed E-state index contributed by atoms with van der Waals surface area (Å²) in [5.41, 5.74) is -1.80. The van der Waals surface area contributed by atoms with Crippen LogP contribution in [0.25, 0.3) is 0 Å². The SMILES string of the molecule is C[C@H]1CC2CC(S(=O)(=O)c3cc(C(=O)Nc4cc(F)c(F)c(F)c4)ccc3Cl)CC1[C@@]2(O)CO. The van der Waals surface area contributed by atoms with Gasteiger partial charge in [0.05, 0.1) is 27.4 Å². The zero-order valence-corrected chi connectivity index (χ0v) is 19.6. The van der Waals surface area contributed by atoms with E-state index in [1.165, 1.54) is 12.1 Å². The van der Waals surface area contributed by atoms with Crippen LogP contribution in [0.15, 0.2) is 35.2 Å². The maximum Gasteiger partial charge on any atom is 0.255 e. The third-order valence-electron chi connectivity index (χ3n) is 7.19. The highest BCUT2D eigenvalue weighted by Crippen LogP contribution is 2.54. The van der Waals surface area contributed by atoms with Gasteiger partial charge in [-0.15, -0.1) is 0 Å². The van der Waals surface area contributed by atoms with E-state index in [-0.39, 0.29) is 45.8 Å². The average molecular weight is 518 g/mol. The van der Waals surface area contributed by atoms with Crippen molar-refractivity contribution >= 4 is 33.0 Å². The van der Waals surface area contributed by atoms with E-state index in [0.717, 1.165) is 6.07 Å². The molecule has 184 valence electrons. The Morgan fingerprint density at radius 2 is 1.79 bits per heavy atom. The number of aliphatic hydroxyl groups is 2. The van der Waals surface area contributed by atoms with Crippen molar-refractivity contribution < 1.29 is 36.6 Å². The summed E-state index contributed by atoms with van der Waals surface area (Å²) in [5, 5.41) is 21.9. The molecule has 0 aliphatic heterocycles. The molecule has 5 atom stereocenters. The molecule has 34 heavy (non-hydrogen) atoms. The highest BCUT2D eigenvalue weighted by atomic mass is 35.5. The van der Waals surface area contributed by atoms with Crippen LogP contribution in [0.2, 0.25) is 5.02 Å². The first kappa shape index (κ1) is 25.0. The Morgan fingerprint density at radius 1 is 1.15 bits per heavy atom. The Labute approximate surface area is 199 Å². The number of hydrogen-bond acceptors (Lipinski definition) is 5. The second-order valence-corrected chi connectivity index (χ2v) is 11.8. The molecular formula is C23H23ClF3NO5S. The van der Waals surface area contributed by atoms with Crippen molar-refractivity contribution in [3.63, 3.8) is 0 Å². The number of benzene rings is 2. The minimum Gasteiger partial charge on any atom is -0.393 e. The van der Waals surface area contributed by atoms with Crippen LogP contribution in [0, 0.1) is 35.2 Å². The van der Waals surface area contributed by atoms with E-state index in [2.05, 4.69) is 5.32 Å². The molecule has 0 aromatic heterocycles. The molecular weight excluding hydrogens is 495 g/mol. The van der Waals surface area contributed by atoms with Gasteiger partial charge in [-0.05, 0) is 55.2 Å². The van der Waals surface area contributed by atoms with Gasteiger partial charge in [0, 0.05) is 23.4 Å². The second-order valence-electron chi connectivity index (χ2n) is 9.16. The van der Waals surface area contributed by atoms with E-state index in [9.17, 15) is 36.6 Å². The highest BCUT2D eigenvalue weighted by Gasteiger charge is 2.58. The lowest BCUT2D eigenvalue weighted by molar-refractivity contribution is -0.0985. The van der Waals surface area contributed by atoms with E-state index in [4.69, 9.17) is 11.6 Å². The third kappa shape index (κ3) is 4.10. The summed E-state index contributed by atoms with van der Waals surface area (Å²) < 4.78 is 67.0. The van der Waals surface area contributed by atoms with Crippen LogP contribution in [-0.2, 0) is 9.84 Å². The maximum absolute atomic E-state index is 13.5. The smallest absolute Gasteiger partial charge is 0.255 e. The Morgan fingerprint density at radius 3 is 2.38 bits per heavy atom. The molecule has 2 aromatic carbocycles. The van der Waals surface area contributed by atoms with Crippen LogP contribution in [0.5, 0.6) is 0 Å². The van der Waals surface area contributed by atoms with Crippen molar-refractivity contribution in [2.45, 2.75) is 41.9 Å². The third-order valence-corrected chi connectivity index (χ3v) is 9.85. The number of amides is 1. The summed E-state index contributed by atoms with van der Waals surface area (Å²) >= 11 is 6.18. The molecule has 0 heterocycles. The van der Waals surface area contributed by atoms with Crippen molar-refractivity contribution in [1.29, 1.82) is 0 Å². The number of rotatable bonds is 5. The van der Waals surface area contributed by atoms with E-state index in [1.807, 2.05) is 6.92 Å². The van der Waals surface area contributed by atoms with Gasteiger partial charge in [-0.2, -0.15) is 0 Å². The number of nitrogens with one attached hydrogen (secondary N) is 1. The Balaban J connectivity index is 1.61. The van der Waals surface area contributed by atoms with Crippen molar-refractivity contribution in [2.75, 3.05) is 11.9 Å². The van der Waals surface area contributed by atoms with Gasteiger partial charge in [0.15, 0.2) is 27.3 Å². The van der Waals surface area contributed by atoms with Gasteiger partial charge in [0.2, 0.25) is 0 Å². The Hall–Kier alpha value is -2.14. The van der Waals surface area contributed by atoms with Crippen LogP contribution in [0.4, 0.5) is 18.9 Å². The lowest BCUT2D eigenvalue weighted by atomic mass is 9.74. The zero-order valence-electron chi connectivity index (χ0n) is 18.1. The van der Waals surface area contributed by atoms with Crippen LogP contribution in [0.3, 0.4) is 0 Å². The number of fused-ring (bicyclic) bond motifs is 2. The number of anilines is 1. The molecule has 0 saturated heterocycles. The molecule has 2 saturated carbocycles. The van der Waals surface area contributed by atoms with Crippen molar-refractivity contribution in [3.05, 3.63) is 58.4 Å². The van der Waals surface area contributed by atoms with Crippen molar-refractivity contribution in [3.8, 4) is 0 Å². The first-order valence-electron chi connectivity index (χ1n) is 10.7. The van der Waals surface area contributed by atoms with Crippen LogP contribution in [-0.4, -0.2) is 42.0 Å². The molecule has 4 rings (SSSR count). The molecule has 3 unspecified atom stereocenters. The number of sulfone groups is 1. The molecule has 6 nitrogen and oxygen atoms in total. The molecule has 2 aliphatic carbocycles. The number of aliphatic hydroxyl groups excluding tert-OH is 1. The number of carbonyl (C=O) groups is 1. The fourth-order valence-corrected chi connectivity index (χ4v) is 7.80. The van der Waals surface area contributed by atoms with Gasteiger partial charge in [-0.25, -0.2) is 21.6 Å². The zero-order chi connectivity index (χ0) is 25.0. The Kier molecular flexibility index (Phi) is 6.48. The average Bonchev–Trinajstić information content (AvgIpc) is 2.90. The first-order chi connectivity index (χ1) is 15.9. The molecule has 2 aliphatic rings. The van der Waals surface area contributed by atoms with Crippen LogP contribution >= 0.6 is 11.6 Å². The number of carbonyl (C=O) groups excluding carboxylic acids is 1. The fourth-order valence-electron chi connectivity index (χ4n) is 5.42. The molecule has 11 heteroatoms. The molecule has 2 bridgehead atoms. The summed E-state index contributed by atoms with van der Waals surface area (Å²) in [4.78, 5) is 12.3. The standard InChI is InChI=1S/C23H23ClF3NO5S/c1-11-4-13-6-15(9-16(11)23(13,31)10-29)34(32,33)20-5-12(2-3-17(20)24)22(30)28-14-7-18(25)21(27)19(26)8-14/h2-3,5,7-8,11,13,15-16,29,31H,4,6,9-10H2,1H3,(H,28,30)/t11-,13?,15?,16?,23+/m0/s1. The molecule has 2 fully saturated rings. The van der Waals surface area contributed by atoms with Gasteiger partial charge in [0.1, 0.15) is 0 Å². The molecule has 0 radical (unpaired) electrons. The van der Waals surface area contributed by atoms with Crippen molar-refractivity contribution in [2.24, 2.45) is 17.8 Å². The largest absolute Gasteiger partial charge is 0.393 e. The Bertz CT molecular complexity index is 1230. The van der Waals surface area contributed by atoms with E-state index < -0.39 is 56.6 Å². The normalized spacial score (nSPS) is 28.7. The maximum atomic E-state index is 13.5. The summed E-state index contributed by atoms with van der Waals surface area (Å²) in [6.07, 6.45) is 0.869. The number of halogens is 4. The van der Waals surface area contributed by atoms with Crippen molar-refractivity contribution in [1.82, 2.24) is 0 Å². The summed E-state index contributed by atoms with van der Waals surface area (Å²) in [5.74, 6) is -6.28. The first-order valence-corrected chi connectivity index (χ1v) is 12.6. The molecule has 2 aromatic rings. The molecule has 1 amide bonds. The van der Waals surface area contributed by atoms with Gasteiger partial charge in [-0.3, -0.25) is 4.79 Å². The fraction of sp³-hybridized carbons (Fsp3) is 0.435. The summed E-state index contributed by atoms with van der Waals surface area (Å²) in [7, 11) is -4.02. The minimum atomic E-state index is -4.02. The monoisotopic (exact) mass is 517 g/mol. The van der Waals surface area contributed by atoms with Gasteiger partial charge in [-0.1, -0.05) is 18.5 Å². The van der Waals surface area contributed by atoms with Crippen LogP contribution in [0.1, 0.15) is 36.5 Å². The van der Waals surface area contributed by atoms with Crippen LogP contribution < -0.4 is 5.32 Å². The van der Waals surface area contributed by atoms with E-state index in [1.54, 1.807) is 0 Å². The topological polar surface area (TPSA) is 104 Å². The lowest BCUT2D eigenvalue weighted by Crippen LogP contribution is -2.51. The molecule has 0 spiro atoms. The quantitative estimate of drug-likeness (QED) is 0.521. The predicted octanol–water partition coefficient (Wildman–Crippen LogP) is 3.94. The van der Waals surface area contributed by atoms with Gasteiger partial charge >= 0.3 is 0 Å². The minimum absolute atomic E-state index is 0.0337. The highest BCUT2D eigenvalue weighted by molar-refractivity contribution is 7.92. The molecule has 3 N–H and O–H groups in total. The lowest BCUT2D eigenvalue weighted by Gasteiger charge is -2.41. The van der Waals surface area contributed by atoms with E-state index in [0.29, 0.717) is 18.6 Å². The summed E-state index contributed by atoms with van der Waals surface area (Å²) in [6.45, 7) is 1.47. The summed E-state index contributed by atoms with van der Waals surface area (Å²) in [6, 6.07) is 4.78. The number of hydrogen-bond donors (Lipinski definition) is 3. The predicted molar refractivity (Wildman–Crippen MR) is 119 cm³/mol. The van der Waals surface area contributed by atoms with Gasteiger partial charge in [0.25, 0.3) is 5.91 Å². The van der Waals surface area contributed by atoms with Gasteiger partial charge < -0.3 is 15.5 Å². The second kappa shape index (κ2) is 8.82.